The number of amides is 1. The Bertz CT molecular complexity index is 765. The van der Waals surface area contributed by atoms with Crippen molar-refractivity contribution in [2.75, 3.05) is 39.3 Å². The molecule has 2 aliphatic rings. The van der Waals surface area contributed by atoms with Gasteiger partial charge in [0.15, 0.2) is 0 Å². The highest BCUT2D eigenvalue weighted by atomic mass is 16.1. The molecular formula is C30H49N3O2. The van der Waals surface area contributed by atoms with Gasteiger partial charge in [-0.25, -0.2) is 0 Å². The van der Waals surface area contributed by atoms with Gasteiger partial charge in [0, 0.05) is 38.9 Å². The third-order valence-electron chi connectivity index (χ3n) is 8.28. The van der Waals surface area contributed by atoms with Gasteiger partial charge in [0.05, 0.1) is 0 Å². The molecule has 0 aromatic heterocycles. The normalized spacial score (nSPS) is 18.6. The second-order valence-corrected chi connectivity index (χ2v) is 10.8. The summed E-state index contributed by atoms with van der Waals surface area (Å²) in [5, 5.41) is 3.09. The van der Waals surface area contributed by atoms with Crippen LogP contribution >= 0.6 is 0 Å². The van der Waals surface area contributed by atoms with Gasteiger partial charge in [-0.3, -0.25) is 9.59 Å². The molecule has 3 rings (SSSR count). The van der Waals surface area contributed by atoms with E-state index in [0.29, 0.717) is 25.2 Å². The van der Waals surface area contributed by atoms with Crippen LogP contribution in [-0.4, -0.2) is 60.8 Å². The standard InChI is InChI=1S/C30H49N3O2/c1-3-25-7-5-10-28(23-25)24-31-30(35)16-22-33-19-13-27(14-20-33)9-6-8-26-11-17-32(18-12-26)21-15-29(34)4-2/h5,7,10,23,26-27H,3-4,6,8-9,11-22,24H2,1-2H3,(H,31,35). The number of carbonyl (C=O) groups excluding carboxylic acids is 2. The van der Waals surface area contributed by atoms with Crippen LogP contribution in [0.15, 0.2) is 24.3 Å². The van der Waals surface area contributed by atoms with Crippen molar-refractivity contribution in [1.82, 2.24) is 15.1 Å². The van der Waals surface area contributed by atoms with E-state index >= 15 is 0 Å². The Morgan fingerprint density at radius 2 is 1.43 bits per heavy atom. The minimum absolute atomic E-state index is 0.164. The molecule has 0 saturated carbocycles. The SMILES string of the molecule is CCC(=O)CCN1CCC(CCCC2CCN(CCC(=O)NCc3cccc(CC)c3)CC2)CC1. The molecule has 0 bridgehead atoms. The lowest BCUT2D eigenvalue weighted by molar-refractivity contribution is -0.121. The number of rotatable bonds is 14. The highest BCUT2D eigenvalue weighted by Crippen LogP contribution is 2.27. The Labute approximate surface area is 214 Å². The molecule has 0 radical (unpaired) electrons. The molecule has 196 valence electrons. The lowest BCUT2D eigenvalue weighted by Gasteiger charge is -2.33. The van der Waals surface area contributed by atoms with Gasteiger partial charge in [-0.1, -0.05) is 57.4 Å². The summed E-state index contributed by atoms with van der Waals surface area (Å²) >= 11 is 0. The fourth-order valence-electron chi connectivity index (χ4n) is 5.66. The molecule has 1 aromatic rings. The van der Waals surface area contributed by atoms with Gasteiger partial charge in [0.2, 0.25) is 5.91 Å². The minimum Gasteiger partial charge on any atom is -0.352 e. The zero-order valence-electron chi connectivity index (χ0n) is 22.4. The molecule has 5 nitrogen and oxygen atoms in total. The number of piperidine rings is 2. The highest BCUT2D eigenvalue weighted by molar-refractivity contribution is 5.78. The van der Waals surface area contributed by atoms with Crippen molar-refractivity contribution in [3.63, 3.8) is 0 Å². The van der Waals surface area contributed by atoms with Crippen molar-refractivity contribution in [3.05, 3.63) is 35.4 Å². The molecule has 2 fully saturated rings. The first kappa shape index (κ1) is 27.9. The van der Waals surface area contributed by atoms with Gasteiger partial charge < -0.3 is 15.1 Å². The van der Waals surface area contributed by atoms with Crippen LogP contribution in [0.1, 0.15) is 89.2 Å². The summed E-state index contributed by atoms with van der Waals surface area (Å²) in [7, 11) is 0. The number of Topliss-reactive ketones (excluding diaryl/α,β-unsaturated/α-hetero) is 1. The number of likely N-dealkylation sites (tertiary alicyclic amines) is 2. The van der Waals surface area contributed by atoms with Crippen molar-refractivity contribution in [2.45, 2.75) is 91.0 Å². The van der Waals surface area contributed by atoms with E-state index in [4.69, 9.17) is 0 Å². The average Bonchev–Trinajstić information content (AvgIpc) is 2.91. The maximum Gasteiger partial charge on any atom is 0.221 e. The third kappa shape index (κ3) is 10.4. The number of ketones is 1. The predicted molar refractivity (Wildman–Crippen MR) is 144 cm³/mol. The summed E-state index contributed by atoms with van der Waals surface area (Å²) in [6.07, 6.45) is 12.4. The molecule has 0 aliphatic carbocycles. The van der Waals surface area contributed by atoms with Crippen molar-refractivity contribution in [1.29, 1.82) is 0 Å². The number of benzene rings is 1. The minimum atomic E-state index is 0.164. The summed E-state index contributed by atoms with van der Waals surface area (Å²) in [6, 6.07) is 8.49. The number of hydrogen-bond donors (Lipinski definition) is 1. The van der Waals surface area contributed by atoms with E-state index in [2.05, 4.69) is 46.3 Å². The second kappa shape index (κ2) is 15.4. The van der Waals surface area contributed by atoms with Crippen LogP contribution in [-0.2, 0) is 22.6 Å². The monoisotopic (exact) mass is 483 g/mol. The predicted octanol–water partition coefficient (Wildman–Crippen LogP) is 5.22. The molecule has 2 aliphatic heterocycles. The number of nitrogens with one attached hydrogen (secondary N) is 1. The van der Waals surface area contributed by atoms with Crippen LogP contribution in [0, 0.1) is 11.8 Å². The summed E-state index contributed by atoms with van der Waals surface area (Å²) in [6.45, 7) is 11.3. The van der Waals surface area contributed by atoms with E-state index < -0.39 is 0 Å². The van der Waals surface area contributed by atoms with E-state index in [9.17, 15) is 9.59 Å². The van der Waals surface area contributed by atoms with E-state index in [1.165, 1.54) is 69.2 Å². The van der Waals surface area contributed by atoms with Crippen molar-refractivity contribution in [3.8, 4) is 0 Å². The van der Waals surface area contributed by atoms with Gasteiger partial charge in [-0.05, 0) is 81.2 Å². The number of hydrogen-bond acceptors (Lipinski definition) is 4. The third-order valence-corrected chi connectivity index (χ3v) is 8.28. The molecule has 0 atom stereocenters. The van der Waals surface area contributed by atoms with Gasteiger partial charge in [0.25, 0.3) is 0 Å². The molecule has 35 heavy (non-hydrogen) atoms. The first-order valence-electron chi connectivity index (χ1n) is 14.4. The Kier molecular flexibility index (Phi) is 12.3. The first-order chi connectivity index (χ1) is 17.1. The van der Waals surface area contributed by atoms with E-state index in [1.807, 2.05) is 6.92 Å². The molecule has 5 heteroatoms. The second-order valence-electron chi connectivity index (χ2n) is 10.8. The Balaban J connectivity index is 1.20. The average molecular weight is 484 g/mol. The molecular weight excluding hydrogens is 434 g/mol. The number of aryl methyl sites for hydroxylation is 1. The summed E-state index contributed by atoms with van der Waals surface area (Å²) in [5.41, 5.74) is 2.51. The fourth-order valence-corrected chi connectivity index (χ4v) is 5.66. The summed E-state index contributed by atoms with van der Waals surface area (Å²) in [4.78, 5) is 28.8. The molecule has 2 saturated heterocycles. The van der Waals surface area contributed by atoms with Gasteiger partial charge >= 0.3 is 0 Å². The van der Waals surface area contributed by atoms with Crippen LogP contribution in [0.4, 0.5) is 0 Å². The van der Waals surface area contributed by atoms with Crippen LogP contribution in [0.5, 0.6) is 0 Å². The molecule has 0 spiro atoms. The first-order valence-corrected chi connectivity index (χ1v) is 14.4. The lowest BCUT2D eigenvalue weighted by atomic mass is 9.87. The van der Waals surface area contributed by atoms with E-state index in [1.54, 1.807) is 0 Å². The maximum absolute atomic E-state index is 12.3. The van der Waals surface area contributed by atoms with Gasteiger partial charge in [0.1, 0.15) is 5.78 Å². The smallest absolute Gasteiger partial charge is 0.221 e. The molecule has 2 heterocycles. The van der Waals surface area contributed by atoms with Crippen LogP contribution in [0.2, 0.25) is 0 Å². The Morgan fingerprint density at radius 3 is 2.00 bits per heavy atom. The van der Waals surface area contributed by atoms with Gasteiger partial charge in [-0.15, -0.1) is 0 Å². The zero-order chi connectivity index (χ0) is 24.9. The number of carbonyl (C=O) groups is 2. The topological polar surface area (TPSA) is 52.7 Å². The Morgan fingerprint density at radius 1 is 0.857 bits per heavy atom. The van der Waals surface area contributed by atoms with Crippen molar-refractivity contribution >= 4 is 11.7 Å². The molecule has 1 amide bonds. The fraction of sp³-hybridized carbons (Fsp3) is 0.733. The summed E-state index contributed by atoms with van der Waals surface area (Å²) < 4.78 is 0. The molecule has 1 aromatic carbocycles. The maximum atomic E-state index is 12.3. The van der Waals surface area contributed by atoms with Crippen LogP contribution in [0.25, 0.3) is 0 Å². The van der Waals surface area contributed by atoms with E-state index in [0.717, 1.165) is 50.9 Å². The van der Waals surface area contributed by atoms with Crippen molar-refractivity contribution in [2.24, 2.45) is 11.8 Å². The van der Waals surface area contributed by atoms with Gasteiger partial charge in [-0.2, -0.15) is 0 Å². The summed E-state index contributed by atoms with van der Waals surface area (Å²) in [5.74, 6) is 2.31. The van der Waals surface area contributed by atoms with E-state index in [-0.39, 0.29) is 5.91 Å². The van der Waals surface area contributed by atoms with Crippen LogP contribution in [0.3, 0.4) is 0 Å². The Hall–Kier alpha value is -1.72. The quantitative estimate of drug-likeness (QED) is 0.394. The highest BCUT2D eigenvalue weighted by Gasteiger charge is 2.22. The molecule has 1 N–H and O–H groups in total. The van der Waals surface area contributed by atoms with Crippen molar-refractivity contribution < 1.29 is 9.59 Å². The largest absolute Gasteiger partial charge is 0.352 e. The lowest BCUT2D eigenvalue weighted by Crippen LogP contribution is -2.37. The molecule has 0 unspecified atom stereocenters. The number of nitrogens with zero attached hydrogens (tertiary/aromatic N) is 2. The zero-order valence-corrected chi connectivity index (χ0v) is 22.4. The van der Waals surface area contributed by atoms with Crippen LogP contribution < -0.4 is 5.32 Å².